The third kappa shape index (κ3) is 5.78. The Kier molecular flexibility index (Phi) is 6.59. The number of Topliss-reactive ketones (excluding diaryl/α,β-unsaturated/α-hetero) is 1. The number of alkyl halides is 3. The summed E-state index contributed by atoms with van der Waals surface area (Å²) < 4.78 is 38.1. The van der Waals surface area contributed by atoms with Crippen LogP contribution in [0, 0.1) is 5.92 Å². The largest absolute Gasteiger partial charge is 0.433 e. The first-order chi connectivity index (χ1) is 12.6. The molecule has 0 saturated heterocycles. The van der Waals surface area contributed by atoms with Crippen molar-refractivity contribution in [3.63, 3.8) is 0 Å². The van der Waals surface area contributed by atoms with Gasteiger partial charge in [-0.3, -0.25) is 9.59 Å². The van der Waals surface area contributed by atoms with Gasteiger partial charge in [0.1, 0.15) is 5.69 Å². The fourth-order valence-electron chi connectivity index (χ4n) is 2.01. The van der Waals surface area contributed by atoms with Gasteiger partial charge in [0, 0.05) is 23.4 Å². The quantitative estimate of drug-likeness (QED) is 0.443. The summed E-state index contributed by atoms with van der Waals surface area (Å²) >= 11 is 0.854. The molecule has 1 N–H and O–H groups in total. The average molecular weight is 397 g/mol. The number of anilines is 1. The molecule has 0 spiro atoms. The number of aromatic nitrogens is 2. The van der Waals surface area contributed by atoms with E-state index in [9.17, 15) is 22.8 Å². The smallest absolute Gasteiger partial charge is 0.326 e. The fraction of sp³-hybridized carbons (Fsp3) is 0.333. The molecule has 2 rings (SSSR count). The van der Waals surface area contributed by atoms with Crippen LogP contribution in [0.4, 0.5) is 18.9 Å². The molecule has 0 aliphatic carbocycles. The van der Waals surface area contributed by atoms with Gasteiger partial charge in [0.05, 0.1) is 5.25 Å². The summed E-state index contributed by atoms with van der Waals surface area (Å²) in [5.74, 6) is -0.586. The van der Waals surface area contributed by atoms with Crippen molar-refractivity contribution >= 4 is 29.1 Å². The standard InChI is InChI=1S/C18H18F3N3O2S/c1-10(2)16(26)23-13-6-4-12(5-7-13)15(25)11(3)27-17-22-9-8-14(24-17)18(19,20)21/h4-11H,1-3H3,(H,23,26). The maximum Gasteiger partial charge on any atom is 0.433 e. The minimum atomic E-state index is -4.57. The second-order valence-corrected chi connectivity index (χ2v) is 7.38. The summed E-state index contributed by atoms with van der Waals surface area (Å²) in [7, 11) is 0. The van der Waals surface area contributed by atoms with Gasteiger partial charge in [-0.2, -0.15) is 13.2 Å². The minimum Gasteiger partial charge on any atom is -0.326 e. The van der Waals surface area contributed by atoms with E-state index in [0.717, 1.165) is 24.0 Å². The Balaban J connectivity index is 2.06. The molecule has 0 bridgehead atoms. The van der Waals surface area contributed by atoms with Crippen LogP contribution in [0.3, 0.4) is 0 Å². The molecule has 1 amide bonds. The Morgan fingerprint density at radius 2 is 1.70 bits per heavy atom. The molecule has 0 fully saturated rings. The number of halogens is 3. The zero-order valence-electron chi connectivity index (χ0n) is 14.9. The zero-order chi connectivity index (χ0) is 20.2. The van der Waals surface area contributed by atoms with Crippen LogP contribution in [0.5, 0.6) is 0 Å². The van der Waals surface area contributed by atoms with Crippen molar-refractivity contribution in [1.82, 2.24) is 9.97 Å². The summed E-state index contributed by atoms with van der Waals surface area (Å²) in [5.41, 5.74) is -0.110. The number of nitrogens with zero attached hydrogens (tertiary/aromatic N) is 2. The van der Waals surface area contributed by atoms with Gasteiger partial charge in [-0.05, 0) is 37.3 Å². The molecule has 9 heteroatoms. The number of benzene rings is 1. The summed E-state index contributed by atoms with van der Waals surface area (Å²) in [5, 5.41) is 1.92. The monoisotopic (exact) mass is 397 g/mol. The van der Waals surface area contributed by atoms with E-state index < -0.39 is 17.1 Å². The highest BCUT2D eigenvalue weighted by Crippen LogP contribution is 2.30. The first kappa shape index (κ1) is 20.9. The van der Waals surface area contributed by atoms with Crippen molar-refractivity contribution in [3.8, 4) is 0 Å². The molecule has 0 aliphatic heterocycles. The van der Waals surface area contributed by atoms with Crippen LogP contribution in [0.1, 0.15) is 36.8 Å². The fourth-order valence-corrected chi connectivity index (χ4v) is 2.84. The maximum atomic E-state index is 12.7. The highest BCUT2D eigenvalue weighted by molar-refractivity contribution is 8.00. The van der Waals surface area contributed by atoms with Crippen LogP contribution in [-0.2, 0) is 11.0 Å². The van der Waals surface area contributed by atoms with Crippen LogP contribution in [-0.4, -0.2) is 26.9 Å². The molecular weight excluding hydrogens is 379 g/mol. The number of amides is 1. The van der Waals surface area contributed by atoms with E-state index in [4.69, 9.17) is 0 Å². The lowest BCUT2D eigenvalue weighted by molar-refractivity contribution is -0.141. The van der Waals surface area contributed by atoms with Crippen LogP contribution in [0.2, 0.25) is 0 Å². The SMILES string of the molecule is CC(C)C(=O)Nc1ccc(C(=O)C(C)Sc2nccc(C(F)(F)F)n2)cc1. The molecule has 2 aromatic rings. The molecular formula is C18H18F3N3O2S. The van der Waals surface area contributed by atoms with Crippen LogP contribution in [0.15, 0.2) is 41.7 Å². The number of hydrogen-bond acceptors (Lipinski definition) is 5. The number of hydrogen-bond donors (Lipinski definition) is 1. The van der Waals surface area contributed by atoms with Crippen molar-refractivity contribution in [2.24, 2.45) is 5.92 Å². The van der Waals surface area contributed by atoms with Gasteiger partial charge >= 0.3 is 6.18 Å². The van der Waals surface area contributed by atoms with Crippen LogP contribution >= 0.6 is 11.8 Å². The van der Waals surface area contributed by atoms with Crippen molar-refractivity contribution in [1.29, 1.82) is 0 Å². The topological polar surface area (TPSA) is 72.0 Å². The van der Waals surface area contributed by atoms with E-state index in [1.54, 1.807) is 45.0 Å². The Morgan fingerprint density at radius 1 is 1.07 bits per heavy atom. The van der Waals surface area contributed by atoms with Crippen molar-refractivity contribution in [3.05, 3.63) is 47.8 Å². The van der Waals surface area contributed by atoms with Gasteiger partial charge in [-0.15, -0.1) is 0 Å². The lowest BCUT2D eigenvalue weighted by Crippen LogP contribution is -2.18. The molecule has 1 atom stereocenters. The van der Waals surface area contributed by atoms with Crippen LogP contribution in [0.25, 0.3) is 0 Å². The molecule has 1 heterocycles. The maximum absolute atomic E-state index is 12.7. The Bertz CT molecular complexity index is 823. The third-order valence-corrected chi connectivity index (χ3v) is 4.51. The van der Waals surface area contributed by atoms with Crippen molar-refractivity contribution in [2.75, 3.05) is 5.32 Å². The van der Waals surface area contributed by atoms with E-state index in [-0.39, 0.29) is 22.8 Å². The first-order valence-corrected chi connectivity index (χ1v) is 8.98. The van der Waals surface area contributed by atoms with E-state index in [1.807, 2.05) is 0 Å². The predicted octanol–water partition coefficient (Wildman–Crippen LogP) is 4.45. The average Bonchev–Trinajstić information content (AvgIpc) is 2.61. The lowest BCUT2D eigenvalue weighted by atomic mass is 10.1. The zero-order valence-corrected chi connectivity index (χ0v) is 15.7. The number of carbonyl (C=O) groups is 2. The number of carbonyl (C=O) groups excluding carboxylic acids is 2. The highest BCUT2D eigenvalue weighted by atomic mass is 32.2. The van der Waals surface area contributed by atoms with E-state index >= 15 is 0 Å². The van der Waals surface area contributed by atoms with Crippen molar-refractivity contribution < 1.29 is 22.8 Å². The van der Waals surface area contributed by atoms with Gasteiger partial charge in [-0.25, -0.2) is 9.97 Å². The highest BCUT2D eigenvalue weighted by Gasteiger charge is 2.33. The summed E-state index contributed by atoms with van der Waals surface area (Å²) in [6.07, 6.45) is -3.55. The predicted molar refractivity (Wildman–Crippen MR) is 96.6 cm³/mol. The molecule has 5 nitrogen and oxygen atoms in total. The lowest BCUT2D eigenvalue weighted by Gasteiger charge is -2.12. The van der Waals surface area contributed by atoms with E-state index in [1.165, 1.54) is 0 Å². The second kappa shape index (κ2) is 8.51. The molecule has 144 valence electrons. The summed E-state index contributed by atoms with van der Waals surface area (Å²) in [4.78, 5) is 31.4. The second-order valence-electron chi connectivity index (χ2n) is 6.07. The first-order valence-electron chi connectivity index (χ1n) is 8.10. The summed E-state index contributed by atoms with van der Waals surface area (Å²) in [6.45, 7) is 5.11. The molecule has 1 aromatic heterocycles. The summed E-state index contributed by atoms with van der Waals surface area (Å²) in [6, 6.07) is 7.10. The Labute approximate surface area is 158 Å². The Hall–Kier alpha value is -2.42. The van der Waals surface area contributed by atoms with Gasteiger partial charge in [0.15, 0.2) is 10.9 Å². The molecule has 27 heavy (non-hydrogen) atoms. The number of ketones is 1. The van der Waals surface area contributed by atoms with Gasteiger partial charge < -0.3 is 5.32 Å². The van der Waals surface area contributed by atoms with Crippen molar-refractivity contribution in [2.45, 2.75) is 37.4 Å². The van der Waals surface area contributed by atoms with Crippen LogP contribution < -0.4 is 5.32 Å². The normalized spacial score (nSPS) is 12.7. The number of rotatable bonds is 6. The molecule has 0 radical (unpaired) electrons. The van der Waals surface area contributed by atoms with Gasteiger partial charge in [0.2, 0.25) is 5.91 Å². The molecule has 0 aliphatic rings. The molecule has 1 aromatic carbocycles. The van der Waals surface area contributed by atoms with Gasteiger partial charge in [-0.1, -0.05) is 25.6 Å². The van der Waals surface area contributed by atoms with E-state index in [2.05, 4.69) is 15.3 Å². The Morgan fingerprint density at radius 3 is 2.26 bits per heavy atom. The minimum absolute atomic E-state index is 0.119. The number of thioether (sulfide) groups is 1. The third-order valence-electron chi connectivity index (χ3n) is 3.54. The molecule has 1 unspecified atom stereocenters. The molecule has 0 saturated carbocycles. The number of nitrogens with one attached hydrogen (secondary N) is 1. The van der Waals surface area contributed by atoms with E-state index in [0.29, 0.717) is 11.3 Å². The van der Waals surface area contributed by atoms with Gasteiger partial charge in [0.25, 0.3) is 0 Å².